The number of aliphatic carboxylic acids is 1. The molecule has 0 fully saturated rings. The maximum atomic E-state index is 12.3. The van der Waals surface area contributed by atoms with Gasteiger partial charge in [0.2, 0.25) is 0 Å². The molecule has 0 aliphatic carbocycles. The number of rotatable bonds is 6. The standard InChI is InChI=1S/C19H22N2O4/c1-13-7-6-8-15(11-13)25-17-10-5-4-9-16(17)20-19(24)21(3)12-14(2)18(22)23/h4-11,14H,12H2,1-3H3,(H,20,24)(H,22,23). The van der Waals surface area contributed by atoms with Crippen LogP contribution in [0.4, 0.5) is 10.5 Å². The second kappa shape index (κ2) is 8.19. The lowest BCUT2D eigenvalue weighted by Crippen LogP contribution is -2.36. The molecule has 0 bridgehead atoms. The number of amides is 2. The lowest BCUT2D eigenvalue weighted by Gasteiger charge is -2.21. The molecule has 2 aromatic carbocycles. The Hall–Kier alpha value is -3.02. The van der Waals surface area contributed by atoms with E-state index in [0.29, 0.717) is 17.2 Å². The SMILES string of the molecule is Cc1cccc(Oc2ccccc2NC(=O)N(C)CC(C)C(=O)O)c1. The summed E-state index contributed by atoms with van der Waals surface area (Å²) >= 11 is 0. The quantitative estimate of drug-likeness (QED) is 0.832. The van der Waals surface area contributed by atoms with Crippen LogP contribution in [0.15, 0.2) is 48.5 Å². The average molecular weight is 342 g/mol. The molecule has 2 N–H and O–H groups in total. The number of carbonyl (C=O) groups excluding carboxylic acids is 1. The molecule has 25 heavy (non-hydrogen) atoms. The van der Waals surface area contributed by atoms with Crippen molar-refractivity contribution in [1.82, 2.24) is 4.90 Å². The summed E-state index contributed by atoms with van der Waals surface area (Å²) in [6.07, 6.45) is 0. The van der Waals surface area contributed by atoms with Gasteiger partial charge in [-0.3, -0.25) is 4.79 Å². The van der Waals surface area contributed by atoms with Gasteiger partial charge in [0.1, 0.15) is 5.75 Å². The summed E-state index contributed by atoms with van der Waals surface area (Å²) in [4.78, 5) is 24.6. The van der Waals surface area contributed by atoms with E-state index in [1.54, 1.807) is 32.2 Å². The predicted octanol–water partition coefficient (Wildman–Crippen LogP) is 3.97. The summed E-state index contributed by atoms with van der Waals surface area (Å²) in [5, 5.41) is 11.7. The van der Waals surface area contributed by atoms with Gasteiger partial charge in [-0.25, -0.2) is 4.79 Å². The number of nitrogens with one attached hydrogen (secondary N) is 1. The molecule has 132 valence electrons. The van der Waals surface area contributed by atoms with E-state index in [2.05, 4.69) is 5.32 Å². The van der Waals surface area contributed by atoms with Crippen LogP contribution in [0.2, 0.25) is 0 Å². The fourth-order valence-corrected chi connectivity index (χ4v) is 2.25. The van der Waals surface area contributed by atoms with Crippen LogP contribution in [-0.2, 0) is 4.79 Å². The van der Waals surface area contributed by atoms with Crippen molar-refractivity contribution in [2.45, 2.75) is 13.8 Å². The third kappa shape index (κ3) is 5.24. The van der Waals surface area contributed by atoms with Crippen LogP contribution in [-0.4, -0.2) is 35.6 Å². The lowest BCUT2D eigenvalue weighted by atomic mass is 10.2. The molecular formula is C19H22N2O4. The van der Waals surface area contributed by atoms with Crippen molar-refractivity contribution in [2.24, 2.45) is 5.92 Å². The fraction of sp³-hybridized carbons (Fsp3) is 0.263. The zero-order valence-electron chi connectivity index (χ0n) is 14.5. The third-order valence-electron chi connectivity index (χ3n) is 3.66. The molecule has 2 rings (SSSR count). The number of para-hydroxylation sites is 2. The largest absolute Gasteiger partial charge is 0.481 e. The van der Waals surface area contributed by atoms with Crippen molar-refractivity contribution in [3.05, 3.63) is 54.1 Å². The van der Waals surface area contributed by atoms with E-state index < -0.39 is 17.9 Å². The Bertz CT molecular complexity index is 761. The Morgan fingerprint density at radius 2 is 1.92 bits per heavy atom. The summed E-state index contributed by atoms with van der Waals surface area (Å²) in [5.74, 6) is -0.395. The molecule has 2 amide bonds. The number of carbonyl (C=O) groups is 2. The van der Waals surface area contributed by atoms with E-state index in [9.17, 15) is 9.59 Å². The summed E-state index contributed by atoms with van der Waals surface area (Å²) < 4.78 is 5.86. The highest BCUT2D eigenvalue weighted by atomic mass is 16.5. The predicted molar refractivity (Wildman–Crippen MR) is 96.1 cm³/mol. The summed E-state index contributed by atoms with van der Waals surface area (Å²) in [5.41, 5.74) is 1.59. The van der Waals surface area contributed by atoms with Gasteiger partial charge in [0.25, 0.3) is 0 Å². The van der Waals surface area contributed by atoms with Gasteiger partial charge in [0, 0.05) is 13.6 Å². The highest BCUT2D eigenvalue weighted by molar-refractivity contribution is 5.91. The molecule has 6 heteroatoms. The number of ether oxygens (including phenoxy) is 1. The van der Waals surface area contributed by atoms with Gasteiger partial charge in [-0.05, 0) is 36.8 Å². The summed E-state index contributed by atoms with van der Waals surface area (Å²) in [6.45, 7) is 3.64. The van der Waals surface area contributed by atoms with Crippen LogP contribution < -0.4 is 10.1 Å². The normalized spacial score (nSPS) is 11.5. The van der Waals surface area contributed by atoms with Gasteiger partial charge < -0.3 is 20.1 Å². The first-order chi connectivity index (χ1) is 11.9. The van der Waals surface area contributed by atoms with E-state index in [-0.39, 0.29) is 6.54 Å². The first-order valence-corrected chi connectivity index (χ1v) is 7.95. The Labute approximate surface area is 147 Å². The Kier molecular flexibility index (Phi) is 6.00. The maximum Gasteiger partial charge on any atom is 0.321 e. The number of hydrogen-bond acceptors (Lipinski definition) is 3. The number of aryl methyl sites for hydroxylation is 1. The molecule has 1 unspecified atom stereocenters. The van der Waals surface area contributed by atoms with E-state index in [1.165, 1.54) is 4.90 Å². The topological polar surface area (TPSA) is 78.9 Å². The number of anilines is 1. The number of carboxylic acid groups (broad SMARTS) is 1. The van der Waals surface area contributed by atoms with Gasteiger partial charge in [-0.15, -0.1) is 0 Å². The van der Waals surface area contributed by atoms with E-state index in [1.807, 2.05) is 37.3 Å². The van der Waals surface area contributed by atoms with Gasteiger partial charge in [0.05, 0.1) is 11.6 Å². The number of carboxylic acids is 1. The van der Waals surface area contributed by atoms with E-state index in [4.69, 9.17) is 9.84 Å². The monoisotopic (exact) mass is 342 g/mol. The average Bonchev–Trinajstić information content (AvgIpc) is 2.56. The number of hydrogen-bond donors (Lipinski definition) is 2. The van der Waals surface area contributed by atoms with Crippen LogP contribution in [0.1, 0.15) is 12.5 Å². The molecule has 6 nitrogen and oxygen atoms in total. The molecule has 0 radical (unpaired) electrons. The van der Waals surface area contributed by atoms with Gasteiger partial charge >= 0.3 is 12.0 Å². The van der Waals surface area contributed by atoms with Crippen LogP contribution in [0, 0.1) is 12.8 Å². The van der Waals surface area contributed by atoms with Crippen molar-refractivity contribution in [1.29, 1.82) is 0 Å². The molecule has 0 saturated heterocycles. The van der Waals surface area contributed by atoms with Crippen molar-refractivity contribution in [3.8, 4) is 11.5 Å². The van der Waals surface area contributed by atoms with Gasteiger partial charge in [0.15, 0.2) is 5.75 Å². The molecule has 1 atom stereocenters. The zero-order valence-corrected chi connectivity index (χ0v) is 14.5. The van der Waals surface area contributed by atoms with Crippen LogP contribution in [0.3, 0.4) is 0 Å². The zero-order chi connectivity index (χ0) is 18.4. The van der Waals surface area contributed by atoms with Crippen LogP contribution in [0.25, 0.3) is 0 Å². The summed E-state index contributed by atoms with van der Waals surface area (Å²) in [7, 11) is 1.55. The third-order valence-corrected chi connectivity index (χ3v) is 3.66. The van der Waals surface area contributed by atoms with Crippen molar-refractivity contribution < 1.29 is 19.4 Å². The minimum atomic E-state index is -0.942. The number of urea groups is 1. The Morgan fingerprint density at radius 1 is 1.20 bits per heavy atom. The summed E-state index contributed by atoms with van der Waals surface area (Å²) in [6, 6.07) is 14.3. The van der Waals surface area contributed by atoms with Gasteiger partial charge in [-0.2, -0.15) is 0 Å². The molecule has 0 saturated carbocycles. The van der Waals surface area contributed by atoms with Crippen LogP contribution >= 0.6 is 0 Å². The highest BCUT2D eigenvalue weighted by Gasteiger charge is 2.18. The Balaban J connectivity index is 2.09. The van der Waals surface area contributed by atoms with Crippen molar-refractivity contribution >= 4 is 17.7 Å². The molecule has 0 aliphatic rings. The smallest absolute Gasteiger partial charge is 0.321 e. The first-order valence-electron chi connectivity index (χ1n) is 7.95. The second-order valence-corrected chi connectivity index (χ2v) is 5.96. The minimum Gasteiger partial charge on any atom is -0.481 e. The molecule has 0 aliphatic heterocycles. The fourth-order valence-electron chi connectivity index (χ4n) is 2.25. The molecule has 2 aromatic rings. The van der Waals surface area contributed by atoms with E-state index in [0.717, 1.165) is 5.56 Å². The van der Waals surface area contributed by atoms with Crippen LogP contribution in [0.5, 0.6) is 11.5 Å². The number of nitrogens with zero attached hydrogens (tertiary/aromatic N) is 1. The lowest BCUT2D eigenvalue weighted by molar-refractivity contribution is -0.141. The minimum absolute atomic E-state index is 0.113. The van der Waals surface area contributed by atoms with Crippen molar-refractivity contribution in [3.63, 3.8) is 0 Å². The molecule has 0 aromatic heterocycles. The molecule has 0 heterocycles. The first kappa shape index (κ1) is 18.3. The maximum absolute atomic E-state index is 12.3. The molecular weight excluding hydrogens is 320 g/mol. The van der Waals surface area contributed by atoms with Gasteiger partial charge in [-0.1, -0.05) is 31.2 Å². The molecule has 0 spiro atoms. The Morgan fingerprint density at radius 3 is 2.60 bits per heavy atom. The second-order valence-electron chi connectivity index (χ2n) is 5.96. The number of benzene rings is 2. The van der Waals surface area contributed by atoms with Crippen molar-refractivity contribution in [2.75, 3.05) is 18.9 Å². The van der Waals surface area contributed by atoms with E-state index >= 15 is 0 Å². The highest BCUT2D eigenvalue weighted by Crippen LogP contribution is 2.29.